The molecule has 0 saturated heterocycles. The van der Waals surface area contributed by atoms with E-state index in [0.29, 0.717) is 6.54 Å². The molecule has 1 heterocycles. The van der Waals surface area contributed by atoms with Crippen molar-refractivity contribution in [2.75, 3.05) is 6.61 Å². The van der Waals surface area contributed by atoms with Gasteiger partial charge in [0.25, 0.3) is 0 Å². The molecule has 0 spiro atoms. The van der Waals surface area contributed by atoms with Crippen molar-refractivity contribution < 1.29 is 9.84 Å². The van der Waals surface area contributed by atoms with E-state index in [1.165, 1.54) is 0 Å². The second kappa shape index (κ2) is 6.28. The van der Waals surface area contributed by atoms with Gasteiger partial charge < -0.3 is 9.84 Å². The number of aliphatic hydroxyl groups is 1. The van der Waals surface area contributed by atoms with Gasteiger partial charge in [0.15, 0.2) is 0 Å². The molecule has 1 N–H and O–H groups in total. The second-order valence-electron chi connectivity index (χ2n) is 4.82. The smallest absolute Gasteiger partial charge is 0.127 e. The van der Waals surface area contributed by atoms with Crippen molar-refractivity contribution in [3.63, 3.8) is 0 Å². The van der Waals surface area contributed by atoms with Gasteiger partial charge in [-0.25, -0.2) is 0 Å². The second-order valence-corrected chi connectivity index (χ2v) is 5.74. The van der Waals surface area contributed by atoms with Crippen molar-refractivity contribution in [3.8, 4) is 5.75 Å². The molecule has 1 aromatic heterocycles. The van der Waals surface area contributed by atoms with Crippen LogP contribution in [0, 0.1) is 0 Å². The minimum absolute atomic E-state index is 0.228. The fourth-order valence-corrected chi connectivity index (χ4v) is 2.54. The largest absolute Gasteiger partial charge is 0.490 e. The molecule has 0 radical (unpaired) electrons. The van der Waals surface area contributed by atoms with Crippen molar-refractivity contribution in [1.29, 1.82) is 0 Å². The number of aliphatic hydroxyl groups excluding tert-OH is 1. The Bertz CT molecular complexity index is 736. The minimum atomic E-state index is -0.615. The van der Waals surface area contributed by atoms with Gasteiger partial charge in [-0.2, -0.15) is 5.10 Å². The fraction of sp³-hybridized carbons (Fsp3) is 0.188. The molecule has 3 rings (SSSR count). The molecule has 0 aliphatic carbocycles. The van der Waals surface area contributed by atoms with Crippen LogP contribution in [0.15, 0.2) is 59.3 Å². The van der Waals surface area contributed by atoms with Crippen LogP contribution in [0.2, 0.25) is 0 Å². The molecular formula is C16H15BrN2O2. The number of rotatable bonds is 5. The Labute approximate surface area is 131 Å². The van der Waals surface area contributed by atoms with Crippen LogP contribution >= 0.6 is 15.9 Å². The number of hydrogen-bond donors (Lipinski definition) is 1. The SMILES string of the molecule is OC(COc1cccc2ccccc12)Cn1cc(Br)cn1. The van der Waals surface area contributed by atoms with Gasteiger partial charge in [-0.1, -0.05) is 36.4 Å². The molecule has 0 aliphatic heterocycles. The van der Waals surface area contributed by atoms with Crippen LogP contribution < -0.4 is 4.74 Å². The first-order valence-electron chi connectivity index (χ1n) is 6.69. The Morgan fingerprint density at radius 3 is 2.81 bits per heavy atom. The highest BCUT2D eigenvalue weighted by atomic mass is 79.9. The number of ether oxygens (including phenoxy) is 1. The Morgan fingerprint density at radius 1 is 1.19 bits per heavy atom. The number of hydrogen-bond acceptors (Lipinski definition) is 3. The van der Waals surface area contributed by atoms with E-state index in [1.54, 1.807) is 10.9 Å². The number of halogens is 1. The highest BCUT2D eigenvalue weighted by Gasteiger charge is 2.09. The van der Waals surface area contributed by atoms with Crippen LogP contribution in [0.4, 0.5) is 0 Å². The summed E-state index contributed by atoms with van der Waals surface area (Å²) in [6, 6.07) is 13.9. The molecular weight excluding hydrogens is 332 g/mol. The van der Waals surface area contributed by atoms with E-state index >= 15 is 0 Å². The van der Waals surface area contributed by atoms with Crippen LogP contribution in [0.25, 0.3) is 10.8 Å². The topological polar surface area (TPSA) is 47.3 Å². The number of aromatic nitrogens is 2. The molecule has 4 nitrogen and oxygen atoms in total. The summed E-state index contributed by atoms with van der Waals surface area (Å²) in [5.41, 5.74) is 0. The molecule has 0 fully saturated rings. The molecule has 0 aliphatic rings. The highest BCUT2D eigenvalue weighted by molar-refractivity contribution is 9.10. The van der Waals surface area contributed by atoms with Crippen molar-refractivity contribution in [2.45, 2.75) is 12.6 Å². The summed E-state index contributed by atoms with van der Waals surface area (Å²) >= 11 is 3.33. The van der Waals surface area contributed by atoms with Crippen LogP contribution in [0.5, 0.6) is 5.75 Å². The quantitative estimate of drug-likeness (QED) is 0.771. The summed E-state index contributed by atoms with van der Waals surface area (Å²) < 4.78 is 8.33. The molecule has 108 valence electrons. The minimum Gasteiger partial charge on any atom is -0.490 e. The predicted molar refractivity (Wildman–Crippen MR) is 85.4 cm³/mol. The highest BCUT2D eigenvalue weighted by Crippen LogP contribution is 2.25. The van der Waals surface area contributed by atoms with E-state index < -0.39 is 6.10 Å². The van der Waals surface area contributed by atoms with Crippen LogP contribution in [-0.2, 0) is 6.54 Å². The third-order valence-corrected chi connectivity index (χ3v) is 3.59. The lowest BCUT2D eigenvalue weighted by molar-refractivity contribution is 0.0900. The maximum Gasteiger partial charge on any atom is 0.127 e. The van der Waals surface area contributed by atoms with Gasteiger partial charge >= 0.3 is 0 Å². The van der Waals surface area contributed by atoms with Crippen LogP contribution in [-0.4, -0.2) is 27.6 Å². The van der Waals surface area contributed by atoms with Crippen molar-refractivity contribution in [3.05, 3.63) is 59.3 Å². The van der Waals surface area contributed by atoms with Crippen LogP contribution in [0.3, 0.4) is 0 Å². The van der Waals surface area contributed by atoms with Gasteiger partial charge in [0.1, 0.15) is 18.5 Å². The summed E-state index contributed by atoms with van der Waals surface area (Å²) in [6.45, 7) is 0.627. The van der Waals surface area contributed by atoms with Crippen molar-refractivity contribution >= 4 is 26.7 Å². The zero-order valence-electron chi connectivity index (χ0n) is 11.3. The van der Waals surface area contributed by atoms with Crippen molar-refractivity contribution in [2.24, 2.45) is 0 Å². The van der Waals surface area contributed by atoms with Gasteiger partial charge in [-0.3, -0.25) is 4.68 Å². The van der Waals surface area contributed by atoms with Gasteiger partial charge in [-0.15, -0.1) is 0 Å². The molecule has 5 heteroatoms. The first-order chi connectivity index (χ1) is 10.2. The van der Waals surface area contributed by atoms with Crippen LogP contribution in [0.1, 0.15) is 0 Å². The third kappa shape index (κ3) is 3.43. The molecule has 0 bridgehead atoms. The predicted octanol–water partition coefficient (Wildman–Crippen LogP) is 3.24. The molecule has 0 saturated carbocycles. The Kier molecular flexibility index (Phi) is 4.22. The maximum absolute atomic E-state index is 10.0. The van der Waals surface area contributed by atoms with Gasteiger partial charge in [0.2, 0.25) is 0 Å². The summed E-state index contributed by atoms with van der Waals surface area (Å²) in [7, 11) is 0. The fourth-order valence-electron chi connectivity index (χ4n) is 2.21. The number of fused-ring (bicyclic) bond motifs is 1. The summed E-state index contributed by atoms with van der Waals surface area (Å²) in [5.74, 6) is 0.786. The van der Waals surface area contributed by atoms with E-state index in [1.807, 2.05) is 48.7 Å². The molecule has 0 amide bonds. The van der Waals surface area contributed by atoms with E-state index in [9.17, 15) is 5.11 Å². The lowest BCUT2D eigenvalue weighted by Gasteiger charge is -2.14. The maximum atomic E-state index is 10.0. The number of nitrogens with zero attached hydrogens (tertiary/aromatic N) is 2. The van der Waals surface area contributed by atoms with Crippen molar-refractivity contribution in [1.82, 2.24) is 9.78 Å². The first kappa shape index (κ1) is 14.1. The normalized spacial score (nSPS) is 12.5. The molecule has 1 unspecified atom stereocenters. The number of benzene rings is 2. The molecule has 21 heavy (non-hydrogen) atoms. The summed E-state index contributed by atoms with van der Waals surface area (Å²) in [4.78, 5) is 0. The standard InChI is InChI=1S/C16H15BrN2O2/c17-13-8-18-19(9-13)10-14(20)11-21-16-7-3-5-12-4-1-2-6-15(12)16/h1-9,14,20H,10-11H2. The Hall–Kier alpha value is -1.85. The summed E-state index contributed by atoms with van der Waals surface area (Å²) in [6.07, 6.45) is 2.90. The first-order valence-corrected chi connectivity index (χ1v) is 7.48. The van der Waals surface area contributed by atoms with Gasteiger partial charge in [0.05, 0.1) is 17.2 Å². The average Bonchev–Trinajstić information content (AvgIpc) is 2.90. The summed E-state index contributed by atoms with van der Waals surface area (Å²) in [5, 5.41) is 16.3. The molecule has 1 atom stereocenters. The third-order valence-electron chi connectivity index (χ3n) is 3.18. The lowest BCUT2D eigenvalue weighted by Crippen LogP contribution is -2.23. The molecule has 3 aromatic rings. The zero-order chi connectivity index (χ0) is 14.7. The van der Waals surface area contributed by atoms with E-state index in [-0.39, 0.29) is 6.61 Å². The Morgan fingerprint density at radius 2 is 2.00 bits per heavy atom. The van der Waals surface area contributed by atoms with E-state index in [2.05, 4.69) is 21.0 Å². The van der Waals surface area contributed by atoms with Gasteiger partial charge in [-0.05, 0) is 27.4 Å². The molecule has 2 aromatic carbocycles. The lowest BCUT2D eigenvalue weighted by atomic mass is 10.1. The monoisotopic (exact) mass is 346 g/mol. The average molecular weight is 347 g/mol. The van der Waals surface area contributed by atoms with Gasteiger partial charge in [0, 0.05) is 11.6 Å². The van der Waals surface area contributed by atoms with E-state index in [0.717, 1.165) is 21.0 Å². The Balaban J connectivity index is 1.66. The zero-order valence-corrected chi connectivity index (χ0v) is 12.9. The van der Waals surface area contributed by atoms with E-state index in [4.69, 9.17) is 4.74 Å².